The van der Waals surface area contributed by atoms with Gasteiger partial charge in [-0.05, 0) is 17.7 Å². The normalized spacial score (nSPS) is 16.2. The Balaban J connectivity index is 1.81. The van der Waals surface area contributed by atoms with Crippen molar-refractivity contribution in [2.24, 2.45) is 0 Å². The second kappa shape index (κ2) is 6.76. The van der Waals surface area contributed by atoms with Crippen LogP contribution in [-0.4, -0.2) is 61.5 Å². The lowest BCUT2D eigenvalue weighted by Crippen LogP contribution is -2.49. The summed E-state index contributed by atoms with van der Waals surface area (Å²) in [6, 6.07) is 1.58. The van der Waals surface area contributed by atoms with E-state index in [4.69, 9.17) is 16.0 Å². The molecular weight excluding hydrogens is 284 g/mol. The molecule has 0 saturated carbocycles. The van der Waals surface area contributed by atoms with Crippen LogP contribution in [0.3, 0.4) is 0 Å². The van der Waals surface area contributed by atoms with E-state index in [-0.39, 0.29) is 17.1 Å². The molecule has 1 aromatic rings. The Hall–Kier alpha value is -1.53. The first-order chi connectivity index (χ1) is 9.61. The first-order valence-electron chi connectivity index (χ1n) is 6.43. The summed E-state index contributed by atoms with van der Waals surface area (Å²) in [6.07, 6.45) is 1.78. The van der Waals surface area contributed by atoms with E-state index >= 15 is 0 Å². The van der Waals surface area contributed by atoms with Crippen LogP contribution in [0.25, 0.3) is 0 Å². The molecule has 2 heterocycles. The van der Waals surface area contributed by atoms with Crippen molar-refractivity contribution in [2.45, 2.75) is 6.42 Å². The van der Waals surface area contributed by atoms with Gasteiger partial charge in [0.15, 0.2) is 0 Å². The Kier molecular flexibility index (Phi) is 5.03. The maximum absolute atomic E-state index is 12.2. The highest BCUT2D eigenvalue weighted by atomic mass is 35.5. The van der Waals surface area contributed by atoms with E-state index in [9.17, 15) is 9.59 Å². The molecule has 0 atom stereocenters. The molecule has 2 rings (SSSR count). The summed E-state index contributed by atoms with van der Waals surface area (Å²) in [6.45, 7) is 3.35. The molecule has 0 aliphatic carbocycles. The Morgan fingerprint density at radius 1 is 1.35 bits per heavy atom. The number of nitrogens with zero attached hydrogens (tertiary/aromatic N) is 2. The lowest BCUT2D eigenvalue weighted by Gasteiger charge is -2.34. The Bertz CT molecular complexity index is 480. The summed E-state index contributed by atoms with van der Waals surface area (Å²) >= 11 is 5.81. The van der Waals surface area contributed by atoms with E-state index in [1.807, 2.05) is 0 Å². The van der Waals surface area contributed by atoms with Crippen molar-refractivity contribution in [3.8, 4) is 0 Å². The fraction of sp³-hybridized carbons (Fsp3) is 0.538. The molecule has 6 nitrogen and oxygen atoms in total. The molecule has 1 aliphatic rings. The van der Waals surface area contributed by atoms with Gasteiger partial charge < -0.3 is 14.1 Å². The topological polar surface area (TPSA) is 63.0 Å². The van der Waals surface area contributed by atoms with Crippen LogP contribution in [0.2, 0.25) is 5.22 Å². The lowest BCUT2D eigenvalue weighted by molar-refractivity contribution is -0.141. The number of hydrogen-bond donors (Lipinski definition) is 0. The van der Waals surface area contributed by atoms with Gasteiger partial charge in [-0.15, -0.1) is 0 Å². The predicted octanol–water partition coefficient (Wildman–Crippen LogP) is 1.25. The van der Waals surface area contributed by atoms with Crippen molar-refractivity contribution >= 4 is 23.5 Å². The molecule has 110 valence electrons. The van der Waals surface area contributed by atoms with Gasteiger partial charge in [0.2, 0.25) is 5.22 Å². The van der Waals surface area contributed by atoms with E-state index in [1.54, 1.807) is 11.0 Å². The summed E-state index contributed by atoms with van der Waals surface area (Å²) in [4.78, 5) is 27.1. The van der Waals surface area contributed by atoms with Crippen LogP contribution in [0.5, 0.6) is 0 Å². The zero-order valence-electron chi connectivity index (χ0n) is 11.3. The molecule has 0 unspecified atom stereocenters. The Labute approximate surface area is 122 Å². The largest absolute Gasteiger partial charge is 0.469 e. The average molecular weight is 301 g/mol. The van der Waals surface area contributed by atoms with Gasteiger partial charge in [0.05, 0.1) is 25.4 Å². The van der Waals surface area contributed by atoms with Gasteiger partial charge >= 0.3 is 5.97 Å². The summed E-state index contributed by atoms with van der Waals surface area (Å²) in [5, 5.41) is 0.128. The molecular formula is C13H17ClN2O4. The monoisotopic (exact) mass is 300 g/mol. The minimum Gasteiger partial charge on any atom is -0.469 e. The molecule has 0 aromatic carbocycles. The molecule has 0 spiro atoms. The smallest absolute Gasteiger partial charge is 0.306 e. The van der Waals surface area contributed by atoms with Crippen molar-refractivity contribution in [1.82, 2.24) is 9.80 Å². The quantitative estimate of drug-likeness (QED) is 0.783. The molecule has 1 aromatic heterocycles. The van der Waals surface area contributed by atoms with Crippen LogP contribution in [0, 0.1) is 0 Å². The number of esters is 1. The third-order valence-electron chi connectivity index (χ3n) is 3.37. The third-order valence-corrected chi connectivity index (χ3v) is 3.66. The molecule has 0 bridgehead atoms. The first-order valence-corrected chi connectivity index (χ1v) is 6.81. The number of carbonyl (C=O) groups is 2. The first kappa shape index (κ1) is 14.9. The number of rotatable bonds is 4. The number of carbonyl (C=O) groups excluding carboxylic acids is 2. The van der Waals surface area contributed by atoms with E-state index in [0.717, 1.165) is 13.1 Å². The zero-order chi connectivity index (χ0) is 14.5. The van der Waals surface area contributed by atoms with Crippen molar-refractivity contribution in [3.05, 3.63) is 23.1 Å². The number of furan rings is 1. The second-order valence-corrected chi connectivity index (χ2v) is 4.91. The standard InChI is InChI=1S/C13H17ClN2O4/c1-19-11(17)2-4-15-5-7-16(8-6-15)13(18)10-3-9-20-12(10)14/h3,9H,2,4-8H2,1H3. The summed E-state index contributed by atoms with van der Waals surface area (Å²) in [5.41, 5.74) is 0.398. The molecule has 1 fully saturated rings. The number of halogens is 1. The Morgan fingerprint density at radius 3 is 2.60 bits per heavy atom. The molecule has 1 amide bonds. The summed E-state index contributed by atoms with van der Waals surface area (Å²) in [7, 11) is 1.38. The third kappa shape index (κ3) is 3.52. The summed E-state index contributed by atoms with van der Waals surface area (Å²) in [5.74, 6) is -0.329. The highest BCUT2D eigenvalue weighted by molar-refractivity contribution is 6.32. The molecule has 7 heteroatoms. The number of ether oxygens (including phenoxy) is 1. The van der Waals surface area contributed by atoms with Gasteiger partial charge in [-0.3, -0.25) is 14.5 Å². The number of hydrogen-bond acceptors (Lipinski definition) is 5. The zero-order valence-corrected chi connectivity index (χ0v) is 12.1. The lowest BCUT2D eigenvalue weighted by atomic mass is 10.2. The minimum absolute atomic E-state index is 0.114. The van der Waals surface area contributed by atoms with Gasteiger partial charge in [0, 0.05) is 32.7 Å². The van der Waals surface area contributed by atoms with Gasteiger partial charge in [0.1, 0.15) is 0 Å². The fourth-order valence-corrected chi connectivity index (χ4v) is 2.34. The van der Waals surface area contributed by atoms with Gasteiger partial charge in [0.25, 0.3) is 5.91 Å². The Morgan fingerprint density at radius 2 is 2.05 bits per heavy atom. The van der Waals surface area contributed by atoms with Crippen LogP contribution < -0.4 is 0 Å². The van der Waals surface area contributed by atoms with Gasteiger partial charge in [-0.2, -0.15) is 0 Å². The van der Waals surface area contributed by atoms with E-state index in [2.05, 4.69) is 9.64 Å². The number of piperazine rings is 1. The van der Waals surface area contributed by atoms with Crippen LogP contribution in [0.1, 0.15) is 16.8 Å². The SMILES string of the molecule is COC(=O)CCN1CCN(C(=O)c2ccoc2Cl)CC1. The van der Waals surface area contributed by atoms with E-state index in [1.165, 1.54) is 13.4 Å². The molecule has 1 saturated heterocycles. The van der Waals surface area contributed by atoms with Crippen molar-refractivity contribution < 1.29 is 18.7 Å². The highest BCUT2D eigenvalue weighted by Crippen LogP contribution is 2.19. The number of amides is 1. The van der Waals surface area contributed by atoms with Crippen molar-refractivity contribution in [3.63, 3.8) is 0 Å². The van der Waals surface area contributed by atoms with Crippen LogP contribution in [-0.2, 0) is 9.53 Å². The van der Waals surface area contributed by atoms with Gasteiger partial charge in [-0.25, -0.2) is 0 Å². The maximum atomic E-state index is 12.2. The predicted molar refractivity (Wildman–Crippen MR) is 72.7 cm³/mol. The van der Waals surface area contributed by atoms with E-state index < -0.39 is 0 Å². The van der Waals surface area contributed by atoms with Crippen LogP contribution >= 0.6 is 11.6 Å². The van der Waals surface area contributed by atoms with Crippen LogP contribution in [0.4, 0.5) is 0 Å². The second-order valence-electron chi connectivity index (χ2n) is 4.57. The maximum Gasteiger partial charge on any atom is 0.306 e. The minimum atomic E-state index is -0.214. The molecule has 1 aliphatic heterocycles. The molecule has 20 heavy (non-hydrogen) atoms. The average Bonchev–Trinajstić information content (AvgIpc) is 2.90. The van der Waals surface area contributed by atoms with Crippen molar-refractivity contribution in [2.75, 3.05) is 39.8 Å². The summed E-state index contributed by atoms with van der Waals surface area (Å²) < 4.78 is 9.54. The van der Waals surface area contributed by atoms with Crippen LogP contribution in [0.15, 0.2) is 16.7 Å². The van der Waals surface area contributed by atoms with Gasteiger partial charge in [-0.1, -0.05) is 0 Å². The highest BCUT2D eigenvalue weighted by Gasteiger charge is 2.24. The fourth-order valence-electron chi connectivity index (χ4n) is 2.14. The number of methoxy groups -OCH3 is 1. The molecule has 0 radical (unpaired) electrons. The molecule has 0 N–H and O–H groups in total. The van der Waals surface area contributed by atoms with E-state index in [0.29, 0.717) is 31.6 Å². The van der Waals surface area contributed by atoms with Crippen molar-refractivity contribution in [1.29, 1.82) is 0 Å².